The second-order valence-electron chi connectivity index (χ2n) is 9.25. The van der Waals surface area contributed by atoms with Gasteiger partial charge in [-0.05, 0) is 76.3 Å². The number of benzene rings is 2. The Kier molecular flexibility index (Phi) is 10.1. The monoisotopic (exact) mass is 546 g/mol. The van der Waals surface area contributed by atoms with Crippen molar-refractivity contribution in [3.63, 3.8) is 0 Å². The number of rotatable bonds is 13. The van der Waals surface area contributed by atoms with E-state index in [4.69, 9.17) is 9.72 Å². The minimum atomic E-state index is -3.61. The third kappa shape index (κ3) is 6.67. The van der Waals surface area contributed by atoms with Crippen molar-refractivity contribution in [2.45, 2.75) is 44.9 Å². The summed E-state index contributed by atoms with van der Waals surface area (Å²) in [6.45, 7) is 8.08. The van der Waals surface area contributed by atoms with Crippen molar-refractivity contribution < 1.29 is 17.9 Å². The van der Waals surface area contributed by atoms with E-state index in [9.17, 15) is 13.2 Å². The molecule has 202 valence electrons. The van der Waals surface area contributed by atoms with Gasteiger partial charge in [-0.2, -0.15) is 4.31 Å². The smallest absolute Gasteiger partial charge is 0.260 e. The molecule has 0 saturated heterocycles. The molecule has 0 bridgehead atoms. The number of methoxy groups -OCH3 is 1. The van der Waals surface area contributed by atoms with E-state index in [1.807, 2.05) is 47.0 Å². The molecular formula is C27H38N4O4S2. The second kappa shape index (κ2) is 12.8. The summed E-state index contributed by atoms with van der Waals surface area (Å²) in [6, 6.07) is 10.1. The maximum absolute atomic E-state index is 13.7. The molecule has 0 aliphatic carbocycles. The molecule has 0 N–H and O–H groups in total. The fourth-order valence-corrected chi connectivity index (χ4v) is 6.63. The number of carbonyl (C=O) groups excluding carboxylic acids is 1. The number of fused-ring (bicyclic) bond motifs is 1. The fourth-order valence-electron chi connectivity index (χ4n) is 4.06. The number of ether oxygens (including phenoxy) is 1. The van der Waals surface area contributed by atoms with Crippen LogP contribution in [0.1, 0.15) is 49.0 Å². The van der Waals surface area contributed by atoms with Crippen LogP contribution >= 0.6 is 11.3 Å². The zero-order chi connectivity index (χ0) is 27.2. The van der Waals surface area contributed by atoms with E-state index in [0.717, 1.165) is 41.6 Å². The molecule has 0 fully saturated rings. The molecule has 0 aliphatic rings. The molecule has 3 rings (SSSR count). The van der Waals surface area contributed by atoms with Crippen LogP contribution in [0.4, 0.5) is 5.13 Å². The lowest BCUT2D eigenvalue weighted by atomic mass is 10.2. The summed E-state index contributed by atoms with van der Waals surface area (Å²) in [4.78, 5) is 22.5. The Labute approximate surface area is 224 Å². The van der Waals surface area contributed by atoms with Gasteiger partial charge in [0.05, 0.1) is 16.7 Å². The fraction of sp³-hybridized carbons (Fsp3) is 0.481. The Bertz CT molecular complexity index is 1300. The molecule has 0 radical (unpaired) electrons. The van der Waals surface area contributed by atoms with Crippen LogP contribution in [0.15, 0.2) is 41.3 Å². The lowest BCUT2D eigenvalue weighted by molar-refractivity contribution is 0.0986. The minimum Gasteiger partial charge on any atom is -0.494 e. The van der Waals surface area contributed by atoms with Crippen molar-refractivity contribution in [2.24, 2.45) is 0 Å². The van der Waals surface area contributed by atoms with Crippen LogP contribution < -0.4 is 9.64 Å². The highest BCUT2D eigenvalue weighted by Crippen LogP contribution is 2.37. The molecule has 2 aromatic carbocycles. The van der Waals surface area contributed by atoms with E-state index in [2.05, 4.69) is 4.90 Å². The number of nitrogens with zero attached hydrogens (tertiary/aromatic N) is 4. The highest BCUT2D eigenvalue weighted by molar-refractivity contribution is 7.89. The lowest BCUT2D eigenvalue weighted by Gasteiger charge is -2.22. The van der Waals surface area contributed by atoms with Crippen molar-refractivity contribution in [3.05, 3.63) is 47.5 Å². The van der Waals surface area contributed by atoms with Crippen molar-refractivity contribution in [1.82, 2.24) is 14.2 Å². The summed E-state index contributed by atoms with van der Waals surface area (Å²) in [6.07, 6.45) is 2.48. The number of anilines is 1. The zero-order valence-corrected chi connectivity index (χ0v) is 24.3. The van der Waals surface area contributed by atoms with Gasteiger partial charge in [0.15, 0.2) is 5.13 Å². The van der Waals surface area contributed by atoms with Gasteiger partial charge in [0.2, 0.25) is 10.0 Å². The maximum Gasteiger partial charge on any atom is 0.260 e. The zero-order valence-electron chi connectivity index (χ0n) is 22.7. The summed E-state index contributed by atoms with van der Waals surface area (Å²) in [5.41, 5.74) is 2.22. The van der Waals surface area contributed by atoms with E-state index in [0.29, 0.717) is 36.1 Å². The standard InChI is InChI=1S/C27H38N4O4S2/c1-7-9-18-30(8-2)37(33,34)22-14-12-21(13-15-22)26(32)31(19-10-17-29(4)5)27-28-24-23(35-6)16-11-20(3)25(24)36-27/h11-16H,7-10,17-19H2,1-6H3. The molecule has 0 unspecified atom stereocenters. The molecule has 37 heavy (non-hydrogen) atoms. The van der Waals surface area contributed by atoms with Gasteiger partial charge in [-0.25, -0.2) is 13.4 Å². The molecule has 1 heterocycles. The van der Waals surface area contributed by atoms with E-state index in [1.165, 1.54) is 27.8 Å². The number of aryl methyl sites for hydroxylation is 1. The van der Waals surface area contributed by atoms with Crippen LogP contribution in [0.5, 0.6) is 5.75 Å². The number of carbonyl (C=O) groups is 1. The molecule has 10 heteroatoms. The predicted molar refractivity (Wildman–Crippen MR) is 152 cm³/mol. The SMILES string of the molecule is CCCCN(CC)S(=O)(=O)c1ccc(C(=O)N(CCCN(C)C)c2nc3c(OC)ccc(C)c3s2)cc1. The Morgan fingerprint density at radius 3 is 2.30 bits per heavy atom. The third-order valence-electron chi connectivity index (χ3n) is 6.23. The molecule has 3 aromatic rings. The number of sulfonamides is 1. The van der Waals surface area contributed by atoms with Gasteiger partial charge in [-0.1, -0.05) is 37.7 Å². The average molecular weight is 547 g/mol. The van der Waals surface area contributed by atoms with Gasteiger partial charge in [0.25, 0.3) is 5.91 Å². The molecule has 0 aliphatic heterocycles. The summed E-state index contributed by atoms with van der Waals surface area (Å²) in [5, 5.41) is 0.597. The van der Waals surface area contributed by atoms with Gasteiger partial charge in [-0.3, -0.25) is 9.69 Å². The van der Waals surface area contributed by atoms with E-state index in [1.54, 1.807) is 24.1 Å². The first-order valence-corrected chi connectivity index (χ1v) is 14.9. The van der Waals surface area contributed by atoms with E-state index < -0.39 is 10.0 Å². The molecule has 0 spiro atoms. The third-order valence-corrected chi connectivity index (χ3v) is 9.43. The highest BCUT2D eigenvalue weighted by atomic mass is 32.2. The summed E-state index contributed by atoms with van der Waals surface area (Å²) >= 11 is 1.46. The number of hydrogen-bond acceptors (Lipinski definition) is 7. The topological polar surface area (TPSA) is 83.1 Å². The van der Waals surface area contributed by atoms with Crippen LogP contribution in [0.25, 0.3) is 10.2 Å². The van der Waals surface area contributed by atoms with Crippen LogP contribution in [0, 0.1) is 6.92 Å². The number of unbranched alkanes of at least 4 members (excludes halogenated alkanes) is 1. The van der Waals surface area contributed by atoms with E-state index >= 15 is 0 Å². The van der Waals surface area contributed by atoms with Gasteiger partial charge >= 0.3 is 0 Å². The van der Waals surface area contributed by atoms with Crippen molar-refractivity contribution >= 4 is 42.6 Å². The normalized spacial score (nSPS) is 12.0. The Morgan fingerprint density at radius 2 is 1.70 bits per heavy atom. The van der Waals surface area contributed by atoms with Gasteiger partial charge < -0.3 is 9.64 Å². The van der Waals surface area contributed by atoms with Gasteiger partial charge in [0, 0.05) is 25.2 Å². The summed E-state index contributed by atoms with van der Waals surface area (Å²) < 4.78 is 34.2. The van der Waals surface area contributed by atoms with E-state index in [-0.39, 0.29) is 10.8 Å². The number of hydrogen-bond donors (Lipinski definition) is 0. The number of thiazole rings is 1. The first kappa shape index (κ1) is 29.0. The molecular weight excluding hydrogens is 508 g/mol. The average Bonchev–Trinajstić information content (AvgIpc) is 3.33. The Hall–Kier alpha value is -2.53. The second-order valence-corrected chi connectivity index (χ2v) is 12.2. The molecule has 0 saturated carbocycles. The van der Waals surface area contributed by atoms with Crippen molar-refractivity contribution in [1.29, 1.82) is 0 Å². The lowest BCUT2D eigenvalue weighted by Crippen LogP contribution is -2.34. The number of aromatic nitrogens is 1. The van der Waals surface area contributed by atoms with Crippen LogP contribution in [-0.4, -0.2) is 75.9 Å². The summed E-state index contributed by atoms with van der Waals surface area (Å²) in [5.74, 6) is 0.457. The Morgan fingerprint density at radius 1 is 1.00 bits per heavy atom. The van der Waals surface area contributed by atoms with Crippen LogP contribution in [0.2, 0.25) is 0 Å². The van der Waals surface area contributed by atoms with Crippen LogP contribution in [-0.2, 0) is 10.0 Å². The van der Waals surface area contributed by atoms with Crippen molar-refractivity contribution in [3.8, 4) is 5.75 Å². The van der Waals surface area contributed by atoms with Crippen LogP contribution in [0.3, 0.4) is 0 Å². The molecule has 1 amide bonds. The maximum atomic E-state index is 13.7. The molecule has 8 nitrogen and oxygen atoms in total. The highest BCUT2D eigenvalue weighted by Gasteiger charge is 2.25. The number of amides is 1. The van der Waals surface area contributed by atoms with Gasteiger partial charge in [-0.15, -0.1) is 0 Å². The quantitative estimate of drug-likeness (QED) is 0.299. The molecule has 1 aromatic heterocycles. The largest absolute Gasteiger partial charge is 0.494 e. The minimum absolute atomic E-state index is 0.196. The van der Waals surface area contributed by atoms with Crippen molar-refractivity contribution in [2.75, 3.05) is 52.3 Å². The van der Waals surface area contributed by atoms with Gasteiger partial charge in [0.1, 0.15) is 11.3 Å². The first-order valence-electron chi connectivity index (χ1n) is 12.6. The predicted octanol–water partition coefficient (Wildman–Crippen LogP) is 5.02. The summed E-state index contributed by atoms with van der Waals surface area (Å²) in [7, 11) is 1.99. The Balaban J connectivity index is 1.95. The first-order chi connectivity index (χ1) is 17.6. The molecule has 0 atom stereocenters.